The SMILES string of the molecule is C[C@@H](O)[C@H]1C(=O)N2C(C(=O)OCc3ccc([N+](=O)[O-])cc3)=C(S[C@H]3C[C@@H]([C@H]4CCNC(=O)C4)N(C(=O)OCc4ccc([N+](=O)[O-])cc4)C3)[C@H](C)[C@H]12. The van der Waals surface area contributed by atoms with E-state index in [0.29, 0.717) is 35.4 Å². The Labute approximate surface area is 296 Å². The molecule has 3 saturated heterocycles. The van der Waals surface area contributed by atoms with Gasteiger partial charge in [-0.15, -0.1) is 11.8 Å². The van der Waals surface area contributed by atoms with Crippen molar-refractivity contribution < 1.29 is 43.6 Å². The standard InChI is InChI=1S/C34H37N5O11S/c1-18-29-28(19(2)40)32(42)37(29)30(33(43)49-16-20-3-7-23(8-4-20)38(45)46)31(18)51-25-14-26(22-11-12-35-27(41)13-22)36(15-25)34(44)50-17-21-5-9-24(10-6-21)39(47)48/h3-10,18-19,22,25-26,28-29,40H,11-17H2,1-2H3,(H,35,41)/t18-,19-,22+,25+,26+,28-,29-/m1/s1. The van der Waals surface area contributed by atoms with Crippen molar-refractivity contribution in [3.63, 3.8) is 0 Å². The van der Waals surface area contributed by atoms with Crippen LogP contribution in [0.25, 0.3) is 0 Å². The molecule has 4 aliphatic rings. The van der Waals surface area contributed by atoms with E-state index in [-0.39, 0.29) is 72.3 Å². The van der Waals surface area contributed by atoms with Crippen molar-refractivity contribution in [2.75, 3.05) is 13.1 Å². The van der Waals surface area contributed by atoms with E-state index in [9.17, 15) is 44.5 Å². The number of benzene rings is 2. The molecule has 0 unspecified atom stereocenters. The van der Waals surface area contributed by atoms with E-state index >= 15 is 0 Å². The number of amides is 3. The first-order valence-electron chi connectivity index (χ1n) is 16.6. The number of thioether (sulfide) groups is 1. The van der Waals surface area contributed by atoms with Crippen LogP contribution in [0.2, 0.25) is 0 Å². The Hall–Kier alpha value is -5.03. The number of nitro benzene ring substituents is 2. The lowest BCUT2D eigenvalue weighted by atomic mass is 9.79. The number of ether oxygens (including phenoxy) is 2. The maximum Gasteiger partial charge on any atom is 0.410 e. The second-order valence-electron chi connectivity index (χ2n) is 13.2. The van der Waals surface area contributed by atoms with Crippen LogP contribution in [-0.2, 0) is 37.1 Å². The van der Waals surface area contributed by atoms with Gasteiger partial charge in [0, 0.05) is 65.9 Å². The number of hydrogen-bond acceptors (Lipinski definition) is 12. The van der Waals surface area contributed by atoms with Crippen molar-refractivity contribution in [1.29, 1.82) is 0 Å². The van der Waals surface area contributed by atoms with Gasteiger partial charge in [0.2, 0.25) is 11.8 Å². The van der Waals surface area contributed by atoms with Crippen LogP contribution < -0.4 is 5.32 Å². The van der Waals surface area contributed by atoms with Gasteiger partial charge in [-0.05, 0) is 61.1 Å². The molecule has 51 heavy (non-hydrogen) atoms. The number of nitrogens with one attached hydrogen (secondary N) is 1. The molecule has 4 heterocycles. The summed E-state index contributed by atoms with van der Waals surface area (Å²) in [5.74, 6) is -2.44. The Morgan fingerprint density at radius 1 is 1.00 bits per heavy atom. The highest BCUT2D eigenvalue weighted by Gasteiger charge is 2.60. The summed E-state index contributed by atoms with van der Waals surface area (Å²) >= 11 is 1.37. The first-order chi connectivity index (χ1) is 24.3. The van der Waals surface area contributed by atoms with E-state index in [0.717, 1.165) is 0 Å². The molecule has 0 aliphatic carbocycles. The number of rotatable bonds is 11. The number of piperidine rings is 1. The Kier molecular flexibility index (Phi) is 10.3. The Morgan fingerprint density at radius 2 is 1.59 bits per heavy atom. The van der Waals surface area contributed by atoms with Gasteiger partial charge in [0.15, 0.2) is 0 Å². The molecule has 270 valence electrons. The zero-order valence-electron chi connectivity index (χ0n) is 27.8. The third kappa shape index (κ3) is 7.26. The highest BCUT2D eigenvalue weighted by atomic mass is 32.2. The van der Waals surface area contributed by atoms with Crippen LogP contribution in [0.15, 0.2) is 59.1 Å². The number of carbonyl (C=O) groups excluding carboxylic acids is 4. The van der Waals surface area contributed by atoms with Crippen molar-refractivity contribution in [3.8, 4) is 0 Å². The lowest BCUT2D eigenvalue weighted by Gasteiger charge is -2.46. The van der Waals surface area contributed by atoms with Gasteiger partial charge < -0.3 is 29.7 Å². The van der Waals surface area contributed by atoms with Crippen LogP contribution in [0.3, 0.4) is 0 Å². The van der Waals surface area contributed by atoms with Crippen molar-refractivity contribution >= 4 is 47.0 Å². The largest absolute Gasteiger partial charge is 0.456 e. The summed E-state index contributed by atoms with van der Waals surface area (Å²) in [5.41, 5.74) is 0.963. The quantitative estimate of drug-likeness (QED) is 0.147. The monoisotopic (exact) mass is 723 g/mol. The number of carbonyl (C=O) groups is 4. The van der Waals surface area contributed by atoms with Crippen LogP contribution in [0.5, 0.6) is 0 Å². The molecule has 4 aliphatic heterocycles. The lowest BCUT2D eigenvalue weighted by Crippen LogP contribution is -2.63. The predicted molar refractivity (Wildman–Crippen MR) is 180 cm³/mol. The first-order valence-corrected chi connectivity index (χ1v) is 17.5. The number of aliphatic hydroxyl groups excluding tert-OH is 1. The van der Waals surface area contributed by atoms with Crippen molar-refractivity contribution in [3.05, 3.63) is 90.5 Å². The Morgan fingerprint density at radius 3 is 2.14 bits per heavy atom. The number of esters is 1. The molecular formula is C34H37N5O11S. The van der Waals surface area contributed by atoms with Crippen LogP contribution >= 0.6 is 11.8 Å². The molecule has 0 spiro atoms. The van der Waals surface area contributed by atoms with Gasteiger partial charge in [-0.3, -0.25) is 29.8 Å². The normalized spacial score (nSPS) is 26.3. The topological polar surface area (TPSA) is 212 Å². The average Bonchev–Trinajstić information content (AvgIpc) is 3.63. The molecule has 6 rings (SSSR count). The number of nitrogens with zero attached hydrogens (tertiary/aromatic N) is 4. The van der Waals surface area contributed by atoms with Gasteiger partial charge in [0.25, 0.3) is 11.4 Å². The van der Waals surface area contributed by atoms with Crippen LogP contribution in [0.1, 0.15) is 44.2 Å². The van der Waals surface area contributed by atoms with Crippen LogP contribution in [-0.4, -0.2) is 85.2 Å². The molecule has 2 aromatic carbocycles. The maximum atomic E-state index is 13.7. The Balaban J connectivity index is 1.22. The number of β-lactam (4-membered cyclic amide) rings is 1. The molecule has 3 fully saturated rings. The van der Waals surface area contributed by atoms with E-state index < -0.39 is 45.9 Å². The minimum Gasteiger partial charge on any atom is -0.456 e. The van der Waals surface area contributed by atoms with Gasteiger partial charge in [0.1, 0.15) is 18.9 Å². The molecule has 3 amide bonds. The van der Waals surface area contributed by atoms with Gasteiger partial charge in [-0.25, -0.2) is 9.59 Å². The number of likely N-dealkylation sites (tertiary alicyclic amines) is 1. The summed E-state index contributed by atoms with van der Waals surface area (Å²) < 4.78 is 11.3. The number of non-ortho nitro benzene ring substituents is 2. The minimum absolute atomic E-state index is 0.0779. The molecule has 0 bridgehead atoms. The van der Waals surface area contributed by atoms with Gasteiger partial charge in [0.05, 0.1) is 27.9 Å². The van der Waals surface area contributed by atoms with Gasteiger partial charge in [-0.1, -0.05) is 6.92 Å². The molecule has 17 heteroatoms. The number of hydrogen-bond donors (Lipinski definition) is 2. The predicted octanol–water partition coefficient (Wildman–Crippen LogP) is 3.65. The van der Waals surface area contributed by atoms with Gasteiger partial charge in [-0.2, -0.15) is 0 Å². The number of nitro groups is 2. The highest BCUT2D eigenvalue weighted by molar-refractivity contribution is 8.03. The van der Waals surface area contributed by atoms with E-state index in [2.05, 4.69) is 5.32 Å². The molecular weight excluding hydrogens is 686 g/mol. The highest BCUT2D eigenvalue weighted by Crippen LogP contribution is 2.53. The fourth-order valence-corrected chi connectivity index (χ4v) is 8.96. The summed E-state index contributed by atoms with van der Waals surface area (Å²) in [5, 5.41) is 35.1. The average molecular weight is 724 g/mol. The van der Waals surface area contributed by atoms with E-state index in [4.69, 9.17) is 9.47 Å². The molecule has 0 saturated carbocycles. The van der Waals surface area contributed by atoms with Gasteiger partial charge >= 0.3 is 12.1 Å². The van der Waals surface area contributed by atoms with Crippen molar-refractivity contribution in [1.82, 2.24) is 15.1 Å². The third-order valence-electron chi connectivity index (χ3n) is 9.99. The van der Waals surface area contributed by atoms with Crippen LogP contribution in [0.4, 0.5) is 16.2 Å². The lowest BCUT2D eigenvalue weighted by molar-refractivity contribution is -0.385. The third-order valence-corrected chi connectivity index (χ3v) is 11.5. The van der Waals surface area contributed by atoms with E-state index in [1.807, 2.05) is 6.92 Å². The fraction of sp³-hybridized carbons (Fsp3) is 0.471. The molecule has 0 aromatic heterocycles. The zero-order chi connectivity index (χ0) is 36.6. The molecule has 2 N–H and O–H groups in total. The molecule has 2 aromatic rings. The number of fused-ring (bicyclic) bond motifs is 1. The first kappa shape index (κ1) is 35.8. The van der Waals surface area contributed by atoms with Crippen LogP contribution in [0, 0.1) is 38.0 Å². The summed E-state index contributed by atoms with van der Waals surface area (Å²) in [6.07, 6.45) is -0.183. The minimum atomic E-state index is -0.947. The second kappa shape index (κ2) is 14.7. The van der Waals surface area contributed by atoms with E-state index in [1.165, 1.54) is 72.1 Å². The summed E-state index contributed by atoms with van der Waals surface area (Å²) in [7, 11) is 0. The smallest absolute Gasteiger partial charge is 0.410 e. The fourth-order valence-electron chi connectivity index (χ4n) is 7.43. The summed E-state index contributed by atoms with van der Waals surface area (Å²) in [6.45, 7) is 3.81. The molecule has 7 atom stereocenters. The Bertz CT molecular complexity index is 1770. The summed E-state index contributed by atoms with van der Waals surface area (Å²) in [4.78, 5) is 77.5. The van der Waals surface area contributed by atoms with E-state index in [1.54, 1.807) is 4.90 Å². The number of aliphatic hydroxyl groups is 1. The van der Waals surface area contributed by atoms with Crippen molar-refractivity contribution in [2.45, 2.75) is 69.8 Å². The molecule has 16 nitrogen and oxygen atoms in total. The maximum absolute atomic E-state index is 13.7. The van der Waals surface area contributed by atoms with Crippen molar-refractivity contribution in [2.24, 2.45) is 17.8 Å². The zero-order valence-corrected chi connectivity index (χ0v) is 28.7. The summed E-state index contributed by atoms with van der Waals surface area (Å²) in [6, 6.07) is 10.4. The second-order valence-corrected chi connectivity index (χ2v) is 14.6. The molecule has 0 radical (unpaired) electrons.